The SMILES string of the molecule is CN1CCC(C2CCNCC2NC(=O)C2C(N)NN3CC(F)CNC23)N1. The Kier molecular flexibility index (Phi) is 5.42. The monoisotopic (exact) mass is 370 g/mol. The van der Waals surface area contributed by atoms with E-state index in [4.69, 9.17) is 5.73 Å². The summed E-state index contributed by atoms with van der Waals surface area (Å²) in [6, 6.07) is 0.457. The van der Waals surface area contributed by atoms with Crippen LogP contribution in [0.1, 0.15) is 12.8 Å². The highest BCUT2D eigenvalue weighted by atomic mass is 19.1. The molecule has 7 N–H and O–H groups in total. The molecule has 0 aromatic rings. The first-order valence-electron chi connectivity index (χ1n) is 9.67. The number of nitrogens with two attached hydrogens (primary N) is 1. The second kappa shape index (κ2) is 7.63. The van der Waals surface area contributed by atoms with Crippen molar-refractivity contribution in [2.24, 2.45) is 17.6 Å². The predicted octanol–water partition coefficient (Wildman–Crippen LogP) is -2.72. The molecule has 0 aromatic heterocycles. The molecule has 0 spiro atoms. The molecule has 4 saturated heterocycles. The third-order valence-electron chi connectivity index (χ3n) is 6.17. The van der Waals surface area contributed by atoms with Gasteiger partial charge in [0.25, 0.3) is 0 Å². The Morgan fingerprint density at radius 2 is 2.12 bits per heavy atom. The van der Waals surface area contributed by atoms with Gasteiger partial charge in [0.05, 0.1) is 18.2 Å². The molecule has 0 aliphatic carbocycles. The van der Waals surface area contributed by atoms with Crippen molar-refractivity contribution in [3.8, 4) is 0 Å². The maximum atomic E-state index is 13.6. The summed E-state index contributed by atoms with van der Waals surface area (Å²) >= 11 is 0. The predicted molar refractivity (Wildman–Crippen MR) is 95.1 cm³/mol. The topological polar surface area (TPSA) is 110 Å². The van der Waals surface area contributed by atoms with Gasteiger partial charge in [-0.3, -0.25) is 15.5 Å². The summed E-state index contributed by atoms with van der Waals surface area (Å²) in [4.78, 5) is 13.0. The third kappa shape index (κ3) is 3.59. The van der Waals surface area contributed by atoms with Crippen molar-refractivity contribution in [3.63, 3.8) is 0 Å². The molecule has 4 aliphatic rings. The third-order valence-corrected chi connectivity index (χ3v) is 6.17. The van der Waals surface area contributed by atoms with E-state index in [2.05, 4.69) is 38.9 Å². The minimum atomic E-state index is -0.954. The van der Waals surface area contributed by atoms with Gasteiger partial charge in [-0.05, 0) is 25.3 Å². The van der Waals surface area contributed by atoms with Crippen LogP contribution in [0.3, 0.4) is 0 Å². The van der Waals surface area contributed by atoms with Crippen LogP contribution in [0.4, 0.5) is 4.39 Å². The van der Waals surface area contributed by atoms with Gasteiger partial charge in [-0.2, -0.15) is 0 Å². The summed E-state index contributed by atoms with van der Waals surface area (Å²) in [5.41, 5.74) is 12.7. The van der Waals surface area contributed by atoms with Gasteiger partial charge in [-0.25, -0.2) is 19.8 Å². The van der Waals surface area contributed by atoms with Crippen LogP contribution in [0.15, 0.2) is 0 Å². The molecule has 4 aliphatic heterocycles. The molecule has 7 atom stereocenters. The van der Waals surface area contributed by atoms with Crippen LogP contribution in [0.25, 0.3) is 0 Å². The standard InChI is InChI=1S/C16H31FN8O/c1-24-5-3-11(22-24)10-2-4-19-7-12(10)21-16(26)13-14(18)23-25-8-9(17)6-20-15(13)25/h9-15,19-20,22-23H,2-8,18H2,1H3,(H,21,26). The second-order valence-corrected chi connectivity index (χ2v) is 8.00. The van der Waals surface area contributed by atoms with Crippen molar-refractivity contribution >= 4 is 5.91 Å². The first-order valence-corrected chi connectivity index (χ1v) is 9.67. The summed E-state index contributed by atoms with van der Waals surface area (Å²) in [6.07, 6.45) is 0.396. The summed E-state index contributed by atoms with van der Waals surface area (Å²) < 4.78 is 13.6. The zero-order valence-electron chi connectivity index (χ0n) is 15.2. The molecule has 26 heavy (non-hydrogen) atoms. The lowest BCUT2D eigenvalue weighted by molar-refractivity contribution is -0.128. The normalized spacial score (nSPS) is 44.8. The van der Waals surface area contributed by atoms with Gasteiger partial charge in [0.15, 0.2) is 0 Å². The van der Waals surface area contributed by atoms with Gasteiger partial charge in [0.2, 0.25) is 5.91 Å². The molecule has 10 heteroatoms. The number of amides is 1. The Bertz CT molecular complexity index is 524. The second-order valence-electron chi connectivity index (χ2n) is 8.00. The van der Waals surface area contributed by atoms with Gasteiger partial charge in [-0.15, -0.1) is 0 Å². The van der Waals surface area contributed by atoms with Crippen LogP contribution in [0, 0.1) is 11.8 Å². The molecule has 9 nitrogen and oxygen atoms in total. The first kappa shape index (κ1) is 18.5. The highest BCUT2D eigenvalue weighted by molar-refractivity contribution is 5.80. The van der Waals surface area contributed by atoms with E-state index in [1.165, 1.54) is 0 Å². The number of hydrogen-bond donors (Lipinski definition) is 6. The zero-order valence-corrected chi connectivity index (χ0v) is 15.2. The van der Waals surface area contributed by atoms with E-state index < -0.39 is 18.3 Å². The number of halogens is 1. The van der Waals surface area contributed by atoms with Crippen LogP contribution >= 0.6 is 0 Å². The van der Waals surface area contributed by atoms with Gasteiger partial charge >= 0.3 is 0 Å². The fourth-order valence-corrected chi connectivity index (χ4v) is 4.83. The number of nitrogens with one attached hydrogen (secondary N) is 5. The molecular formula is C16H31FN8O. The average molecular weight is 370 g/mol. The molecule has 0 aromatic carbocycles. The summed E-state index contributed by atoms with van der Waals surface area (Å²) in [5.74, 6) is -0.113. The van der Waals surface area contributed by atoms with E-state index in [-0.39, 0.29) is 31.2 Å². The summed E-state index contributed by atoms with van der Waals surface area (Å²) in [7, 11) is 2.05. The first-order chi connectivity index (χ1) is 12.5. The van der Waals surface area contributed by atoms with E-state index in [1.54, 1.807) is 5.01 Å². The lowest BCUT2D eigenvalue weighted by atomic mass is 9.84. The van der Waals surface area contributed by atoms with E-state index in [0.717, 1.165) is 32.5 Å². The largest absolute Gasteiger partial charge is 0.351 e. The molecule has 0 bridgehead atoms. The minimum Gasteiger partial charge on any atom is -0.351 e. The van der Waals surface area contributed by atoms with E-state index in [1.807, 2.05) is 0 Å². The maximum Gasteiger partial charge on any atom is 0.229 e. The molecule has 0 radical (unpaired) electrons. The number of carbonyl (C=O) groups excluding carboxylic acids is 1. The molecule has 4 heterocycles. The van der Waals surface area contributed by atoms with Gasteiger partial charge in [0.1, 0.15) is 6.17 Å². The van der Waals surface area contributed by atoms with Gasteiger partial charge in [0, 0.05) is 45.3 Å². The number of nitrogens with zero attached hydrogens (tertiary/aromatic N) is 2. The average Bonchev–Trinajstić information content (AvgIpc) is 3.17. The molecule has 148 valence electrons. The molecular weight excluding hydrogens is 339 g/mol. The number of hydrazine groups is 2. The lowest BCUT2D eigenvalue weighted by Gasteiger charge is -2.38. The minimum absolute atomic E-state index is 0.0626. The Morgan fingerprint density at radius 3 is 2.88 bits per heavy atom. The summed E-state index contributed by atoms with van der Waals surface area (Å²) in [6.45, 7) is 3.27. The van der Waals surface area contributed by atoms with Crippen molar-refractivity contribution in [1.29, 1.82) is 0 Å². The number of carbonyl (C=O) groups is 1. The number of alkyl halides is 1. The molecule has 0 saturated carbocycles. The smallest absolute Gasteiger partial charge is 0.229 e. The van der Waals surface area contributed by atoms with Crippen molar-refractivity contribution in [2.45, 2.75) is 43.4 Å². The maximum absolute atomic E-state index is 13.6. The Hall–Kier alpha value is -0.880. The zero-order chi connectivity index (χ0) is 18.3. The van der Waals surface area contributed by atoms with Gasteiger partial charge < -0.3 is 16.4 Å². The highest BCUT2D eigenvalue weighted by Crippen LogP contribution is 2.25. The van der Waals surface area contributed by atoms with E-state index >= 15 is 0 Å². The fraction of sp³-hybridized carbons (Fsp3) is 0.938. The number of rotatable bonds is 3. The lowest BCUT2D eigenvalue weighted by Crippen LogP contribution is -2.61. The molecule has 1 amide bonds. The van der Waals surface area contributed by atoms with E-state index in [0.29, 0.717) is 12.0 Å². The number of fused-ring (bicyclic) bond motifs is 1. The Morgan fingerprint density at radius 1 is 1.27 bits per heavy atom. The quantitative estimate of drug-likeness (QED) is 0.318. The molecule has 4 fully saturated rings. The van der Waals surface area contributed by atoms with E-state index in [9.17, 15) is 9.18 Å². The Balaban J connectivity index is 1.41. The van der Waals surface area contributed by atoms with Gasteiger partial charge in [-0.1, -0.05) is 0 Å². The van der Waals surface area contributed by atoms with Crippen LogP contribution < -0.4 is 32.5 Å². The van der Waals surface area contributed by atoms with Crippen LogP contribution in [-0.4, -0.2) is 86.3 Å². The highest BCUT2D eigenvalue weighted by Gasteiger charge is 2.48. The van der Waals surface area contributed by atoms with Crippen molar-refractivity contribution in [2.75, 3.05) is 39.8 Å². The number of piperidine rings is 1. The van der Waals surface area contributed by atoms with Crippen LogP contribution in [0.2, 0.25) is 0 Å². The van der Waals surface area contributed by atoms with Crippen molar-refractivity contribution < 1.29 is 9.18 Å². The van der Waals surface area contributed by atoms with Crippen molar-refractivity contribution in [1.82, 2.24) is 36.8 Å². The van der Waals surface area contributed by atoms with Crippen LogP contribution in [0.5, 0.6) is 0 Å². The fourth-order valence-electron chi connectivity index (χ4n) is 4.83. The van der Waals surface area contributed by atoms with Crippen LogP contribution in [-0.2, 0) is 4.79 Å². The van der Waals surface area contributed by atoms with Crippen molar-refractivity contribution in [3.05, 3.63) is 0 Å². The number of hydrogen-bond acceptors (Lipinski definition) is 8. The molecule has 4 rings (SSSR count). The molecule has 7 unspecified atom stereocenters. The summed E-state index contributed by atoms with van der Waals surface area (Å²) in [5, 5.41) is 13.6. The Labute approximate surface area is 153 Å².